The van der Waals surface area contributed by atoms with Crippen LogP contribution >= 0.6 is 0 Å². The second-order valence-electron chi connectivity index (χ2n) is 3.77. The van der Waals surface area contributed by atoms with Crippen molar-refractivity contribution in [2.24, 2.45) is 5.41 Å². The van der Waals surface area contributed by atoms with Crippen LogP contribution in [0.4, 0.5) is 0 Å². The molecule has 0 aromatic rings. The average molecular weight is 168 g/mol. The van der Waals surface area contributed by atoms with Crippen molar-refractivity contribution in [1.29, 1.82) is 0 Å². The molecule has 0 saturated carbocycles. The van der Waals surface area contributed by atoms with E-state index < -0.39 is 0 Å². The number of hydrogen-bond donors (Lipinski definition) is 0. The standard InChI is InChI=1S/C10H16O2/c1-6-7-9(10(3,4)5)12-8(2)11/h7,9H,1H2,2-5H3. The van der Waals surface area contributed by atoms with Gasteiger partial charge in [0.2, 0.25) is 0 Å². The molecule has 0 fully saturated rings. The van der Waals surface area contributed by atoms with Crippen LogP contribution in [-0.4, -0.2) is 12.1 Å². The smallest absolute Gasteiger partial charge is 0.303 e. The molecule has 1 unspecified atom stereocenters. The molecule has 0 saturated heterocycles. The molecule has 0 aromatic heterocycles. The van der Waals surface area contributed by atoms with Crippen LogP contribution in [0.15, 0.2) is 18.4 Å². The maximum Gasteiger partial charge on any atom is 0.303 e. The first-order chi connectivity index (χ1) is 5.38. The lowest BCUT2D eigenvalue weighted by molar-refractivity contribution is -0.148. The lowest BCUT2D eigenvalue weighted by atomic mass is 9.89. The maximum absolute atomic E-state index is 10.7. The zero-order chi connectivity index (χ0) is 9.78. The third-order valence-corrected chi connectivity index (χ3v) is 1.42. The highest BCUT2D eigenvalue weighted by Gasteiger charge is 2.24. The number of rotatable bonds is 2. The van der Waals surface area contributed by atoms with E-state index in [1.807, 2.05) is 20.8 Å². The molecule has 0 aliphatic rings. The summed E-state index contributed by atoms with van der Waals surface area (Å²) in [6.07, 6.45) is 1.42. The number of carbonyl (C=O) groups is 1. The Kier molecular flexibility index (Phi) is 3.78. The lowest BCUT2D eigenvalue weighted by Gasteiger charge is -2.26. The zero-order valence-corrected chi connectivity index (χ0v) is 8.18. The molecule has 0 aliphatic heterocycles. The molecule has 0 radical (unpaired) electrons. The van der Waals surface area contributed by atoms with Gasteiger partial charge < -0.3 is 4.74 Å². The van der Waals surface area contributed by atoms with E-state index in [2.05, 4.69) is 12.3 Å². The van der Waals surface area contributed by atoms with Gasteiger partial charge in [-0.15, -0.1) is 5.73 Å². The van der Waals surface area contributed by atoms with Crippen molar-refractivity contribution < 1.29 is 9.53 Å². The summed E-state index contributed by atoms with van der Waals surface area (Å²) < 4.78 is 5.06. The Labute approximate surface area is 73.9 Å². The number of ether oxygens (including phenoxy) is 1. The number of hydrogen-bond acceptors (Lipinski definition) is 2. The van der Waals surface area contributed by atoms with E-state index >= 15 is 0 Å². The van der Waals surface area contributed by atoms with Gasteiger partial charge in [0, 0.05) is 12.3 Å². The van der Waals surface area contributed by atoms with Crippen molar-refractivity contribution in [2.45, 2.75) is 33.8 Å². The Morgan fingerprint density at radius 3 is 2.33 bits per heavy atom. The predicted molar refractivity (Wildman–Crippen MR) is 48.7 cm³/mol. The molecule has 2 nitrogen and oxygen atoms in total. The molecular weight excluding hydrogens is 152 g/mol. The summed E-state index contributed by atoms with van der Waals surface area (Å²) in [5.74, 6) is -0.276. The molecule has 0 spiro atoms. The van der Waals surface area contributed by atoms with Crippen LogP contribution in [0.1, 0.15) is 27.7 Å². The van der Waals surface area contributed by atoms with Crippen LogP contribution in [-0.2, 0) is 9.53 Å². The van der Waals surface area contributed by atoms with E-state index in [4.69, 9.17) is 4.74 Å². The molecule has 68 valence electrons. The van der Waals surface area contributed by atoms with Crippen molar-refractivity contribution in [3.63, 3.8) is 0 Å². The molecule has 0 heterocycles. The van der Waals surface area contributed by atoms with Gasteiger partial charge in [-0.1, -0.05) is 27.4 Å². The van der Waals surface area contributed by atoms with Crippen LogP contribution in [0.3, 0.4) is 0 Å². The lowest BCUT2D eigenvalue weighted by Crippen LogP contribution is -2.28. The van der Waals surface area contributed by atoms with Gasteiger partial charge >= 0.3 is 5.97 Å². The minimum absolute atomic E-state index is 0.101. The largest absolute Gasteiger partial charge is 0.457 e. The second-order valence-corrected chi connectivity index (χ2v) is 3.77. The Morgan fingerprint density at radius 1 is 1.58 bits per heavy atom. The SMILES string of the molecule is C=C=CC(OC(C)=O)C(C)(C)C. The summed E-state index contributed by atoms with van der Waals surface area (Å²) in [6.45, 7) is 10.8. The summed E-state index contributed by atoms with van der Waals surface area (Å²) in [5, 5.41) is 0. The summed E-state index contributed by atoms with van der Waals surface area (Å²) >= 11 is 0. The molecule has 0 aliphatic carbocycles. The first-order valence-electron chi connectivity index (χ1n) is 3.91. The van der Waals surface area contributed by atoms with Crippen LogP contribution < -0.4 is 0 Å². The van der Waals surface area contributed by atoms with Gasteiger partial charge in [0.1, 0.15) is 6.10 Å². The van der Waals surface area contributed by atoms with E-state index in [0.29, 0.717) is 0 Å². The van der Waals surface area contributed by atoms with Crippen molar-refractivity contribution >= 4 is 5.97 Å². The first-order valence-corrected chi connectivity index (χ1v) is 3.91. The van der Waals surface area contributed by atoms with Gasteiger partial charge in [0.05, 0.1) is 0 Å². The van der Waals surface area contributed by atoms with E-state index in [0.717, 1.165) is 0 Å². The summed E-state index contributed by atoms with van der Waals surface area (Å²) in [5.41, 5.74) is 2.53. The van der Waals surface area contributed by atoms with Gasteiger partial charge in [-0.25, -0.2) is 0 Å². The molecular formula is C10H16O2. The van der Waals surface area contributed by atoms with Crippen molar-refractivity contribution in [3.8, 4) is 0 Å². The molecule has 0 amide bonds. The molecule has 1 atom stereocenters. The second kappa shape index (κ2) is 4.13. The van der Waals surface area contributed by atoms with Gasteiger partial charge in [0.25, 0.3) is 0 Å². The van der Waals surface area contributed by atoms with Gasteiger partial charge in [0.15, 0.2) is 0 Å². The van der Waals surface area contributed by atoms with Gasteiger partial charge in [-0.05, 0) is 6.08 Å². The van der Waals surface area contributed by atoms with Crippen LogP contribution in [0, 0.1) is 5.41 Å². The third-order valence-electron chi connectivity index (χ3n) is 1.42. The van der Waals surface area contributed by atoms with Crippen LogP contribution in [0.5, 0.6) is 0 Å². The third kappa shape index (κ3) is 3.99. The zero-order valence-electron chi connectivity index (χ0n) is 8.18. The van der Waals surface area contributed by atoms with Crippen LogP contribution in [0.25, 0.3) is 0 Å². The highest BCUT2D eigenvalue weighted by Crippen LogP contribution is 2.22. The van der Waals surface area contributed by atoms with Crippen molar-refractivity contribution in [3.05, 3.63) is 18.4 Å². The van der Waals surface area contributed by atoms with E-state index in [1.165, 1.54) is 6.92 Å². The summed E-state index contributed by atoms with van der Waals surface area (Å²) in [7, 11) is 0. The number of esters is 1. The highest BCUT2D eigenvalue weighted by molar-refractivity contribution is 5.66. The Morgan fingerprint density at radius 2 is 2.08 bits per heavy atom. The Balaban J connectivity index is 4.44. The fourth-order valence-corrected chi connectivity index (χ4v) is 0.747. The highest BCUT2D eigenvalue weighted by atomic mass is 16.5. The molecule has 0 aromatic carbocycles. The fourth-order valence-electron chi connectivity index (χ4n) is 0.747. The van der Waals surface area contributed by atoms with Crippen LogP contribution in [0.2, 0.25) is 0 Å². The van der Waals surface area contributed by atoms with Crippen molar-refractivity contribution in [2.75, 3.05) is 0 Å². The van der Waals surface area contributed by atoms with E-state index in [9.17, 15) is 4.79 Å². The minimum atomic E-state index is -0.276. The molecule has 0 bridgehead atoms. The average Bonchev–Trinajstić information content (AvgIpc) is 1.83. The number of carbonyl (C=O) groups excluding carboxylic acids is 1. The fraction of sp³-hybridized carbons (Fsp3) is 0.600. The predicted octanol–water partition coefficient (Wildman–Crippen LogP) is 2.31. The first kappa shape index (κ1) is 11.0. The minimum Gasteiger partial charge on any atom is -0.457 e. The van der Waals surface area contributed by atoms with E-state index in [1.54, 1.807) is 6.08 Å². The molecule has 2 heteroatoms. The van der Waals surface area contributed by atoms with Crippen molar-refractivity contribution in [1.82, 2.24) is 0 Å². The molecule has 0 N–H and O–H groups in total. The monoisotopic (exact) mass is 168 g/mol. The van der Waals surface area contributed by atoms with E-state index in [-0.39, 0.29) is 17.5 Å². The molecule has 12 heavy (non-hydrogen) atoms. The Hall–Kier alpha value is -1.01. The Bertz CT molecular complexity index is 204. The van der Waals surface area contributed by atoms with Gasteiger partial charge in [-0.2, -0.15) is 0 Å². The summed E-state index contributed by atoms with van der Waals surface area (Å²) in [4.78, 5) is 10.7. The molecule has 0 rings (SSSR count). The maximum atomic E-state index is 10.7. The summed E-state index contributed by atoms with van der Waals surface area (Å²) in [6, 6.07) is 0. The quantitative estimate of drug-likeness (QED) is 0.467. The normalized spacial score (nSPS) is 13.0. The van der Waals surface area contributed by atoms with Gasteiger partial charge in [-0.3, -0.25) is 4.79 Å². The topological polar surface area (TPSA) is 26.3 Å².